The molecule has 4 unspecified atom stereocenters. The number of benzene rings is 2. The quantitative estimate of drug-likeness (QED) is 0.187. The van der Waals surface area contributed by atoms with Crippen molar-refractivity contribution in [3.05, 3.63) is 72.3 Å². The molecule has 13 heteroatoms. The van der Waals surface area contributed by atoms with Gasteiger partial charge in [-0.25, -0.2) is 14.6 Å². The zero-order chi connectivity index (χ0) is 40.8. The summed E-state index contributed by atoms with van der Waals surface area (Å²) < 4.78 is 9.65. The van der Waals surface area contributed by atoms with Gasteiger partial charge in [0, 0.05) is 30.4 Å². The minimum Gasteiger partial charge on any atom is -0.453 e. The number of allylic oxidation sites excluding steroid dienone is 1. The lowest BCUT2D eigenvalue weighted by Crippen LogP contribution is -2.57. The number of carbonyl (C=O) groups is 4. The van der Waals surface area contributed by atoms with Crippen LogP contribution in [0.15, 0.2) is 65.9 Å². The summed E-state index contributed by atoms with van der Waals surface area (Å²) in [4.78, 5) is 69.3. The van der Waals surface area contributed by atoms with Gasteiger partial charge in [0.1, 0.15) is 17.9 Å². The fourth-order valence-corrected chi connectivity index (χ4v) is 9.40. The summed E-state index contributed by atoms with van der Waals surface area (Å²) in [5.41, 5.74) is 7.30. The Balaban J connectivity index is 0.915. The SMILES string of the molecule is COC(=O)N[C@H](C(=O)N1C2CC2CC[C@H]1C1=NC=C(c2ccc(-c3ccc(-c4cnc([C@@H]5CCC6CC6N5C(=O)[C@@H](NC(=O)OC)C(C)C)[nH]4)cc3)cc2)C1)C(C)C. The summed E-state index contributed by atoms with van der Waals surface area (Å²) in [5.74, 6) is 1.46. The number of methoxy groups -OCH3 is 2. The van der Waals surface area contributed by atoms with E-state index in [1.807, 2.05) is 49.9 Å². The number of alkyl carbamates (subject to hydrolysis) is 2. The van der Waals surface area contributed by atoms with E-state index in [1.165, 1.54) is 14.2 Å². The number of imidazole rings is 1. The predicted octanol–water partition coefficient (Wildman–Crippen LogP) is 7.12. The second-order valence-corrected chi connectivity index (χ2v) is 17.3. The van der Waals surface area contributed by atoms with Crippen molar-refractivity contribution >= 4 is 35.3 Å². The van der Waals surface area contributed by atoms with Crippen molar-refractivity contribution in [1.82, 2.24) is 30.4 Å². The number of nitrogens with one attached hydrogen (secondary N) is 3. The van der Waals surface area contributed by atoms with Crippen molar-refractivity contribution in [2.24, 2.45) is 28.7 Å². The van der Waals surface area contributed by atoms with Crippen LogP contribution in [0.3, 0.4) is 0 Å². The van der Waals surface area contributed by atoms with Crippen molar-refractivity contribution in [3.63, 3.8) is 0 Å². The molecule has 0 bridgehead atoms. The number of hydrogen-bond donors (Lipinski definition) is 3. The number of likely N-dealkylation sites (tertiary alicyclic amines) is 2. The van der Waals surface area contributed by atoms with E-state index in [0.29, 0.717) is 18.3 Å². The van der Waals surface area contributed by atoms with Crippen LogP contribution in [0.5, 0.6) is 0 Å². The first kappa shape index (κ1) is 39.4. The average Bonchev–Trinajstić information content (AvgIpc) is 4.09. The molecule has 3 aromatic rings. The van der Waals surface area contributed by atoms with E-state index in [2.05, 4.69) is 64.1 Å². The summed E-state index contributed by atoms with van der Waals surface area (Å²) in [6.45, 7) is 7.75. The van der Waals surface area contributed by atoms with E-state index in [4.69, 9.17) is 19.5 Å². The molecule has 2 saturated carbocycles. The molecule has 8 atom stereocenters. The van der Waals surface area contributed by atoms with Crippen LogP contribution in [0.2, 0.25) is 0 Å². The Labute approximate surface area is 340 Å². The van der Waals surface area contributed by atoms with Gasteiger partial charge in [0.25, 0.3) is 0 Å². The van der Waals surface area contributed by atoms with Gasteiger partial charge in [0.2, 0.25) is 11.8 Å². The third kappa shape index (κ3) is 7.75. The van der Waals surface area contributed by atoms with Crippen molar-refractivity contribution in [2.75, 3.05) is 14.2 Å². The highest BCUT2D eigenvalue weighted by atomic mass is 16.5. The molecule has 5 aliphatic rings. The number of fused-ring (bicyclic) bond motifs is 2. The first-order chi connectivity index (χ1) is 27.9. The number of H-pyrrole nitrogens is 1. The van der Waals surface area contributed by atoms with Gasteiger partial charge in [0.15, 0.2) is 0 Å². The maximum Gasteiger partial charge on any atom is 0.407 e. The Morgan fingerprint density at radius 1 is 0.690 bits per heavy atom. The van der Waals surface area contributed by atoms with Gasteiger partial charge in [-0.1, -0.05) is 76.2 Å². The number of ether oxygens (including phenoxy) is 2. The summed E-state index contributed by atoms with van der Waals surface area (Å²) in [6.07, 6.45) is 9.06. The monoisotopic (exact) mass is 789 g/mol. The van der Waals surface area contributed by atoms with Gasteiger partial charge in [0.05, 0.1) is 38.2 Å². The Morgan fingerprint density at radius 3 is 1.69 bits per heavy atom. The lowest BCUT2D eigenvalue weighted by Gasteiger charge is -2.39. The molecule has 2 saturated heterocycles. The van der Waals surface area contributed by atoms with Crippen LogP contribution in [0.1, 0.15) is 90.1 Å². The van der Waals surface area contributed by atoms with Gasteiger partial charge < -0.3 is 34.9 Å². The molecule has 4 fully saturated rings. The predicted molar refractivity (Wildman–Crippen MR) is 220 cm³/mol. The van der Waals surface area contributed by atoms with E-state index in [0.717, 1.165) is 83.6 Å². The van der Waals surface area contributed by atoms with Crippen LogP contribution in [0.4, 0.5) is 9.59 Å². The molecule has 4 heterocycles. The second-order valence-electron chi connectivity index (χ2n) is 17.3. The summed E-state index contributed by atoms with van der Waals surface area (Å²) in [6, 6.07) is 15.7. The van der Waals surface area contributed by atoms with Crippen LogP contribution >= 0.6 is 0 Å². The zero-order valence-corrected chi connectivity index (χ0v) is 34.2. The molecule has 4 amide bonds. The maximum absolute atomic E-state index is 14.0. The second kappa shape index (κ2) is 16.1. The first-order valence-corrected chi connectivity index (χ1v) is 20.8. The highest BCUT2D eigenvalue weighted by Gasteiger charge is 2.54. The number of aromatic amines is 1. The van der Waals surface area contributed by atoms with Crippen LogP contribution < -0.4 is 10.6 Å². The van der Waals surface area contributed by atoms with Crippen LogP contribution in [-0.2, 0) is 19.1 Å². The smallest absolute Gasteiger partial charge is 0.407 e. The molecule has 2 aliphatic carbocycles. The lowest BCUT2D eigenvalue weighted by molar-refractivity contribution is -0.139. The Bertz CT molecular complexity index is 2110. The number of carbonyl (C=O) groups excluding carboxylic acids is 4. The number of rotatable bonds is 11. The molecule has 13 nitrogen and oxygen atoms in total. The molecule has 2 aromatic carbocycles. The number of aliphatic imine (C=N–C) groups is 1. The van der Waals surface area contributed by atoms with Gasteiger partial charge >= 0.3 is 12.2 Å². The van der Waals surface area contributed by atoms with E-state index in [9.17, 15) is 19.2 Å². The van der Waals surface area contributed by atoms with Crippen molar-refractivity contribution in [2.45, 2.75) is 109 Å². The van der Waals surface area contributed by atoms with Crippen LogP contribution in [0.25, 0.3) is 28.0 Å². The standard InChI is InChI=1S/C45H55N7O6/c1-24(2)39(49-44(55)57-5)42(53)51-35(17-15-30-20-37(30)51)33-19-32(22-46-33)28-9-7-26(8-10-28)27-11-13-29(14-12-27)34-23-47-41(48-34)36-18-16-31-21-38(31)52(36)43(54)40(25(3)4)50-45(56)58-6/h7-14,22-25,30-31,35-40H,15-21H2,1-6H3,(H,47,48)(H,49,55)(H,50,56)/t30?,31?,35-,36-,37?,38?,39-,40-/m0/s1. The molecule has 0 radical (unpaired) electrons. The zero-order valence-electron chi connectivity index (χ0n) is 34.2. The number of amides is 4. The maximum atomic E-state index is 14.0. The lowest BCUT2D eigenvalue weighted by atomic mass is 9.91. The topological polar surface area (TPSA) is 158 Å². The number of hydrogen-bond acceptors (Lipinski definition) is 8. The number of nitrogens with zero attached hydrogens (tertiary/aromatic N) is 4. The minimum atomic E-state index is -0.678. The molecule has 3 N–H and O–H groups in total. The molecule has 0 spiro atoms. The first-order valence-electron chi connectivity index (χ1n) is 20.8. The van der Waals surface area contributed by atoms with Crippen molar-refractivity contribution in [3.8, 4) is 22.4 Å². The van der Waals surface area contributed by atoms with Crippen molar-refractivity contribution in [1.29, 1.82) is 0 Å². The van der Waals surface area contributed by atoms with Crippen LogP contribution in [-0.4, -0.2) is 93.9 Å². The van der Waals surface area contributed by atoms with Crippen molar-refractivity contribution < 1.29 is 28.7 Å². The largest absolute Gasteiger partial charge is 0.453 e. The normalized spacial score (nSPS) is 25.5. The highest BCUT2D eigenvalue weighted by Crippen LogP contribution is 2.50. The van der Waals surface area contributed by atoms with E-state index < -0.39 is 24.3 Å². The van der Waals surface area contributed by atoms with Gasteiger partial charge in [-0.3, -0.25) is 14.6 Å². The Morgan fingerprint density at radius 2 is 1.17 bits per heavy atom. The van der Waals surface area contributed by atoms with Gasteiger partial charge in [-0.15, -0.1) is 0 Å². The third-order valence-electron chi connectivity index (χ3n) is 12.9. The van der Waals surface area contributed by atoms with E-state index in [-0.39, 0.29) is 47.8 Å². The molecule has 1 aromatic heterocycles. The summed E-state index contributed by atoms with van der Waals surface area (Å²) in [7, 11) is 2.62. The Kier molecular flexibility index (Phi) is 10.9. The molecule has 306 valence electrons. The number of aromatic nitrogens is 2. The summed E-state index contributed by atoms with van der Waals surface area (Å²) >= 11 is 0. The van der Waals surface area contributed by atoms with E-state index >= 15 is 0 Å². The number of piperidine rings is 2. The van der Waals surface area contributed by atoms with Gasteiger partial charge in [-0.2, -0.15) is 0 Å². The molecule has 58 heavy (non-hydrogen) atoms. The van der Waals surface area contributed by atoms with Crippen LogP contribution in [0, 0.1) is 23.7 Å². The minimum absolute atomic E-state index is 0.0534. The fraction of sp³-hybridized carbons (Fsp3) is 0.511. The third-order valence-corrected chi connectivity index (χ3v) is 12.9. The highest BCUT2D eigenvalue weighted by molar-refractivity contribution is 6.04. The molecular formula is C45H55N7O6. The van der Waals surface area contributed by atoms with E-state index in [1.54, 1.807) is 0 Å². The fourth-order valence-electron chi connectivity index (χ4n) is 9.40. The molecular weight excluding hydrogens is 735 g/mol. The summed E-state index contributed by atoms with van der Waals surface area (Å²) in [5, 5.41) is 5.53. The Hall–Kier alpha value is -5.46. The average molecular weight is 790 g/mol. The van der Waals surface area contributed by atoms with Gasteiger partial charge in [-0.05, 0) is 90.0 Å². The molecule has 3 aliphatic heterocycles. The molecule has 8 rings (SSSR count).